The summed E-state index contributed by atoms with van der Waals surface area (Å²) in [6.45, 7) is 4.12. The number of rotatable bonds is 8. The zero-order valence-corrected chi connectivity index (χ0v) is 18.3. The monoisotopic (exact) mass is 441 g/mol. The van der Waals surface area contributed by atoms with Crippen molar-refractivity contribution >= 4 is 23.7 Å². The summed E-state index contributed by atoms with van der Waals surface area (Å²) in [7, 11) is 1.62. The number of ether oxygens (including phenoxy) is 1. The van der Waals surface area contributed by atoms with Crippen LogP contribution in [0, 0.1) is 0 Å². The smallest absolute Gasteiger partial charge is 0.325 e. The average Bonchev–Trinajstić information content (AvgIpc) is 3.44. The fourth-order valence-electron chi connectivity index (χ4n) is 3.32. The summed E-state index contributed by atoms with van der Waals surface area (Å²) in [5.41, 5.74) is -0.0123. The summed E-state index contributed by atoms with van der Waals surface area (Å²) >= 11 is 1.43. The van der Waals surface area contributed by atoms with Gasteiger partial charge in [0.2, 0.25) is 0 Å². The van der Waals surface area contributed by atoms with Crippen LogP contribution in [0.3, 0.4) is 0 Å². The summed E-state index contributed by atoms with van der Waals surface area (Å²) in [5, 5.41) is 12.1. The molecule has 1 aliphatic rings. The van der Waals surface area contributed by atoms with Gasteiger partial charge in [-0.25, -0.2) is 4.79 Å². The number of urea groups is 1. The summed E-state index contributed by atoms with van der Waals surface area (Å²) in [4.78, 5) is 25.7. The zero-order chi connectivity index (χ0) is 22.0. The first-order chi connectivity index (χ1) is 14.9. The van der Waals surface area contributed by atoms with Crippen molar-refractivity contribution in [1.82, 2.24) is 25.0 Å². The number of hydrogen-bond donors (Lipinski definition) is 1. The highest BCUT2D eigenvalue weighted by Crippen LogP contribution is 2.28. The van der Waals surface area contributed by atoms with E-state index in [0.29, 0.717) is 23.3 Å². The molecule has 3 amide bonds. The number of carbonyl (C=O) groups excluding carboxylic acids is 2. The number of benzene rings is 1. The third-order valence-corrected chi connectivity index (χ3v) is 5.88. The molecule has 0 unspecified atom stereocenters. The van der Waals surface area contributed by atoms with E-state index in [-0.39, 0.29) is 18.5 Å². The van der Waals surface area contributed by atoms with E-state index in [9.17, 15) is 9.59 Å². The van der Waals surface area contributed by atoms with Gasteiger partial charge in [0, 0.05) is 17.9 Å². The number of imide groups is 1. The third kappa shape index (κ3) is 4.29. The minimum atomic E-state index is -0.874. The lowest BCUT2D eigenvalue weighted by Gasteiger charge is -2.15. The van der Waals surface area contributed by atoms with Crippen LogP contribution in [0.15, 0.2) is 52.2 Å². The van der Waals surface area contributed by atoms with Gasteiger partial charge in [-0.05, 0) is 38.1 Å². The van der Waals surface area contributed by atoms with Gasteiger partial charge in [0.15, 0.2) is 11.0 Å². The molecule has 162 valence electrons. The van der Waals surface area contributed by atoms with Crippen LogP contribution in [0.5, 0.6) is 5.75 Å². The molecule has 0 aliphatic carbocycles. The fourth-order valence-corrected chi connectivity index (χ4v) is 4.18. The Hall–Kier alpha value is -3.27. The summed E-state index contributed by atoms with van der Waals surface area (Å²) in [6, 6.07) is 10.9. The van der Waals surface area contributed by atoms with Crippen LogP contribution in [0.2, 0.25) is 0 Å². The highest BCUT2D eigenvalue weighted by atomic mass is 32.2. The second kappa shape index (κ2) is 8.46. The number of carbonyl (C=O) groups is 2. The summed E-state index contributed by atoms with van der Waals surface area (Å²) < 4.78 is 12.8. The largest absolute Gasteiger partial charge is 0.497 e. The van der Waals surface area contributed by atoms with Crippen molar-refractivity contribution in [2.45, 2.75) is 31.1 Å². The Morgan fingerprint density at radius 1 is 1.19 bits per heavy atom. The van der Waals surface area contributed by atoms with Crippen LogP contribution in [0.4, 0.5) is 4.79 Å². The molecule has 1 aromatic carbocycles. The maximum atomic E-state index is 12.4. The van der Waals surface area contributed by atoms with Crippen LogP contribution < -0.4 is 10.1 Å². The summed E-state index contributed by atoms with van der Waals surface area (Å²) in [6.07, 6.45) is 1.62. The van der Waals surface area contributed by atoms with E-state index in [2.05, 4.69) is 15.5 Å². The highest BCUT2D eigenvalue weighted by Gasteiger charge is 2.43. The number of amides is 3. The van der Waals surface area contributed by atoms with Gasteiger partial charge in [-0.1, -0.05) is 23.9 Å². The van der Waals surface area contributed by atoms with E-state index < -0.39 is 5.54 Å². The van der Waals surface area contributed by atoms with Gasteiger partial charge >= 0.3 is 6.03 Å². The molecule has 1 saturated heterocycles. The SMILES string of the molecule is COc1cccc(-c2nnc(SCCN3C(=O)NC(C)(C)C3=O)n2Cc2ccco2)c1. The Labute approximate surface area is 183 Å². The predicted molar refractivity (Wildman–Crippen MR) is 115 cm³/mol. The van der Waals surface area contributed by atoms with Crippen molar-refractivity contribution in [2.75, 3.05) is 19.4 Å². The predicted octanol–water partition coefficient (Wildman–Crippen LogP) is 3.02. The zero-order valence-electron chi connectivity index (χ0n) is 17.5. The topological polar surface area (TPSA) is 102 Å². The minimum Gasteiger partial charge on any atom is -0.497 e. The molecule has 0 radical (unpaired) electrons. The number of thioether (sulfide) groups is 1. The van der Waals surface area contributed by atoms with E-state index in [1.807, 2.05) is 41.0 Å². The van der Waals surface area contributed by atoms with Gasteiger partial charge in [0.1, 0.15) is 17.0 Å². The van der Waals surface area contributed by atoms with Crippen LogP contribution in [-0.4, -0.2) is 56.5 Å². The number of methoxy groups -OCH3 is 1. The lowest BCUT2D eigenvalue weighted by molar-refractivity contribution is -0.130. The molecule has 1 fully saturated rings. The molecular formula is C21H23N5O4S. The number of nitrogens with one attached hydrogen (secondary N) is 1. The molecule has 10 heteroatoms. The second-order valence-corrected chi connectivity index (χ2v) is 8.63. The molecular weight excluding hydrogens is 418 g/mol. The van der Waals surface area contributed by atoms with Gasteiger partial charge in [-0.2, -0.15) is 0 Å². The quantitative estimate of drug-likeness (QED) is 0.423. The van der Waals surface area contributed by atoms with Crippen molar-refractivity contribution in [2.24, 2.45) is 0 Å². The average molecular weight is 442 g/mol. The lowest BCUT2D eigenvalue weighted by atomic mass is 10.1. The minimum absolute atomic E-state index is 0.229. The maximum absolute atomic E-state index is 12.4. The van der Waals surface area contributed by atoms with Crippen molar-refractivity contribution in [1.29, 1.82) is 0 Å². The first-order valence-corrected chi connectivity index (χ1v) is 10.7. The molecule has 1 N–H and O–H groups in total. The Kier molecular flexibility index (Phi) is 5.73. The first-order valence-electron chi connectivity index (χ1n) is 9.76. The van der Waals surface area contributed by atoms with Crippen molar-refractivity contribution in [3.05, 3.63) is 48.4 Å². The Balaban J connectivity index is 1.55. The van der Waals surface area contributed by atoms with E-state index >= 15 is 0 Å². The van der Waals surface area contributed by atoms with Crippen molar-refractivity contribution in [3.63, 3.8) is 0 Å². The Bertz CT molecular complexity index is 1090. The first kappa shape index (κ1) is 21.0. The van der Waals surface area contributed by atoms with Crippen molar-refractivity contribution in [3.8, 4) is 17.1 Å². The standard InChI is InChI=1S/C21H23N5O4S/c1-21(2)18(27)25(19(28)22-21)9-11-31-20-24-23-17(14-6-4-7-15(12-14)29-3)26(20)13-16-8-5-10-30-16/h4-8,10,12H,9,11,13H2,1-3H3,(H,22,28). The number of nitrogens with zero attached hydrogens (tertiary/aromatic N) is 4. The summed E-state index contributed by atoms with van der Waals surface area (Å²) in [5.74, 6) is 2.42. The molecule has 31 heavy (non-hydrogen) atoms. The normalized spacial score (nSPS) is 15.4. The Morgan fingerprint density at radius 2 is 2.03 bits per heavy atom. The van der Waals surface area contributed by atoms with Gasteiger partial charge in [0.25, 0.3) is 5.91 Å². The molecule has 9 nitrogen and oxygen atoms in total. The lowest BCUT2D eigenvalue weighted by Crippen LogP contribution is -2.40. The fraction of sp³-hybridized carbons (Fsp3) is 0.333. The molecule has 1 aliphatic heterocycles. The van der Waals surface area contributed by atoms with Crippen LogP contribution in [-0.2, 0) is 11.3 Å². The number of furan rings is 1. The molecule has 0 spiro atoms. The van der Waals surface area contributed by atoms with Gasteiger partial charge in [0.05, 0.1) is 19.9 Å². The molecule has 0 saturated carbocycles. The van der Waals surface area contributed by atoms with E-state index in [0.717, 1.165) is 17.1 Å². The van der Waals surface area contributed by atoms with E-state index in [1.165, 1.54) is 16.7 Å². The molecule has 4 rings (SSSR count). The van der Waals surface area contributed by atoms with Crippen LogP contribution >= 0.6 is 11.8 Å². The molecule has 2 aromatic heterocycles. The molecule has 0 bridgehead atoms. The van der Waals surface area contributed by atoms with E-state index in [1.54, 1.807) is 27.2 Å². The molecule has 3 heterocycles. The molecule has 0 atom stereocenters. The maximum Gasteiger partial charge on any atom is 0.325 e. The van der Waals surface area contributed by atoms with Crippen molar-refractivity contribution < 1.29 is 18.7 Å². The second-order valence-electron chi connectivity index (χ2n) is 7.56. The third-order valence-electron chi connectivity index (χ3n) is 4.93. The van der Waals surface area contributed by atoms with Gasteiger partial charge in [-0.3, -0.25) is 14.3 Å². The van der Waals surface area contributed by atoms with Gasteiger partial charge < -0.3 is 14.5 Å². The highest BCUT2D eigenvalue weighted by molar-refractivity contribution is 7.99. The van der Waals surface area contributed by atoms with Gasteiger partial charge in [-0.15, -0.1) is 10.2 Å². The number of hydrogen-bond acceptors (Lipinski definition) is 7. The molecule has 3 aromatic rings. The number of aromatic nitrogens is 3. The van der Waals surface area contributed by atoms with Crippen LogP contribution in [0.1, 0.15) is 19.6 Å². The Morgan fingerprint density at radius 3 is 2.71 bits per heavy atom. The van der Waals surface area contributed by atoms with E-state index in [4.69, 9.17) is 9.15 Å². The van der Waals surface area contributed by atoms with Crippen LogP contribution in [0.25, 0.3) is 11.4 Å².